The average molecular weight is 526 g/mol. The maximum Gasteiger partial charge on any atom is 0.312 e. The number of aromatic nitrogens is 1. The number of nitrogens with one attached hydrogen (secondary N) is 1. The lowest BCUT2D eigenvalue weighted by molar-refractivity contribution is -0.135. The normalized spacial score (nSPS) is 16.9. The summed E-state index contributed by atoms with van der Waals surface area (Å²) < 4.78 is 28.0. The lowest BCUT2D eigenvalue weighted by atomic mass is 9.85. The molecule has 0 aliphatic carbocycles. The zero-order chi connectivity index (χ0) is 27.3. The molecule has 2 aliphatic heterocycles. The monoisotopic (exact) mass is 525 g/mol. The summed E-state index contributed by atoms with van der Waals surface area (Å²) in [6, 6.07) is 15.7. The summed E-state index contributed by atoms with van der Waals surface area (Å²) in [6.45, 7) is 0. The van der Waals surface area contributed by atoms with Gasteiger partial charge in [-0.25, -0.2) is 0 Å². The highest BCUT2D eigenvalue weighted by molar-refractivity contribution is 6.15. The molecule has 6 rings (SSSR count). The first kappa shape index (κ1) is 24.3. The van der Waals surface area contributed by atoms with E-state index in [0.717, 1.165) is 5.39 Å². The molecule has 2 aliphatic rings. The highest BCUT2D eigenvalue weighted by Crippen LogP contribution is 2.49. The molecule has 1 atom stereocenters. The Hall–Kier alpha value is -5.05. The topological polar surface area (TPSA) is 113 Å². The number of Topliss-reactive ketones (excluding diaryl/α,β-unsaturated/α-hetero) is 1. The molecule has 0 spiro atoms. The highest BCUT2D eigenvalue weighted by Gasteiger charge is 2.39. The van der Waals surface area contributed by atoms with Crippen molar-refractivity contribution in [1.29, 1.82) is 0 Å². The number of methoxy groups -OCH3 is 3. The van der Waals surface area contributed by atoms with Crippen molar-refractivity contribution in [2.24, 2.45) is 0 Å². The van der Waals surface area contributed by atoms with Crippen molar-refractivity contribution in [3.8, 4) is 28.7 Å². The predicted octanol–water partition coefficient (Wildman–Crippen LogP) is 4.61. The summed E-state index contributed by atoms with van der Waals surface area (Å²) in [4.78, 5) is 42.0. The van der Waals surface area contributed by atoms with Gasteiger partial charge in [0.25, 0.3) is 5.56 Å². The Morgan fingerprint density at radius 1 is 0.897 bits per heavy atom. The van der Waals surface area contributed by atoms with Crippen molar-refractivity contribution >= 4 is 28.7 Å². The van der Waals surface area contributed by atoms with Gasteiger partial charge in [0.2, 0.25) is 11.5 Å². The van der Waals surface area contributed by atoms with E-state index in [1.54, 1.807) is 36.4 Å². The van der Waals surface area contributed by atoms with Crippen LogP contribution in [0.3, 0.4) is 0 Å². The first-order valence-corrected chi connectivity index (χ1v) is 12.2. The molecule has 1 aromatic heterocycles. The third kappa shape index (κ3) is 3.90. The number of hydrogen-bond donors (Lipinski definition) is 1. The summed E-state index contributed by atoms with van der Waals surface area (Å²) in [6.07, 6.45) is 1.48. The maximum absolute atomic E-state index is 13.4. The van der Waals surface area contributed by atoms with Gasteiger partial charge in [0.1, 0.15) is 11.5 Å². The zero-order valence-electron chi connectivity index (χ0n) is 21.3. The average Bonchev–Trinajstić information content (AvgIpc) is 3.26. The number of fused-ring (bicyclic) bond motifs is 4. The van der Waals surface area contributed by atoms with Crippen LogP contribution in [0, 0.1) is 0 Å². The van der Waals surface area contributed by atoms with E-state index in [0.29, 0.717) is 45.0 Å². The van der Waals surface area contributed by atoms with Gasteiger partial charge in [0, 0.05) is 28.1 Å². The number of benzene rings is 3. The standard InChI is InChI=1S/C30H23NO8/c1-35-22-10-8-16(27(36-2)29(22)37-3)13-23-26(33)17-9-11-21-25(28(17)39-23)18(14-24(32)38-21)19-12-15-6-4-5-7-20(15)31-30(19)34/h4-13,18H,14H2,1-3H3,(H,31,34)/b23-13-. The summed E-state index contributed by atoms with van der Waals surface area (Å²) in [5.41, 5.74) is 2.06. The summed E-state index contributed by atoms with van der Waals surface area (Å²) >= 11 is 0. The minimum atomic E-state index is -0.674. The number of rotatable bonds is 5. The van der Waals surface area contributed by atoms with Gasteiger partial charge < -0.3 is 28.7 Å². The molecular formula is C30H23NO8. The zero-order valence-corrected chi connectivity index (χ0v) is 21.3. The number of H-pyrrole nitrogens is 1. The van der Waals surface area contributed by atoms with Crippen LogP contribution in [0.4, 0.5) is 0 Å². The number of aromatic amines is 1. The van der Waals surface area contributed by atoms with E-state index < -0.39 is 11.9 Å². The largest absolute Gasteiger partial charge is 0.493 e. The molecule has 3 aromatic carbocycles. The van der Waals surface area contributed by atoms with Gasteiger partial charge in [-0.05, 0) is 47.9 Å². The second kappa shape index (κ2) is 9.36. The molecule has 9 heteroatoms. The SMILES string of the molecule is COc1ccc(/C=C2\Oc3c(ccc4c3C(c3cc5ccccc5[nH]c3=O)CC(=O)O4)C2=O)c(OC)c1OC. The van der Waals surface area contributed by atoms with E-state index in [1.165, 1.54) is 21.3 Å². The minimum absolute atomic E-state index is 0.0481. The number of carbonyl (C=O) groups excluding carboxylic acids is 2. The van der Waals surface area contributed by atoms with E-state index >= 15 is 0 Å². The summed E-state index contributed by atoms with van der Waals surface area (Å²) in [5, 5.41) is 0.818. The second-order valence-electron chi connectivity index (χ2n) is 9.09. The van der Waals surface area contributed by atoms with E-state index in [1.807, 2.05) is 24.3 Å². The quantitative estimate of drug-likeness (QED) is 0.228. The van der Waals surface area contributed by atoms with Gasteiger partial charge >= 0.3 is 5.97 Å². The number of ether oxygens (including phenoxy) is 5. The molecule has 0 amide bonds. The molecule has 0 radical (unpaired) electrons. The molecule has 3 heterocycles. The molecule has 0 saturated heterocycles. The van der Waals surface area contributed by atoms with E-state index in [9.17, 15) is 14.4 Å². The van der Waals surface area contributed by atoms with Gasteiger partial charge in [0.05, 0.1) is 33.3 Å². The molecule has 4 aromatic rings. The fourth-order valence-electron chi connectivity index (χ4n) is 5.17. The van der Waals surface area contributed by atoms with Crippen LogP contribution >= 0.6 is 0 Å². The van der Waals surface area contributed by atoms with Crippen molar-refractivity contribution in [2.75, 3.05) is 21.3 Å². The maximum atomic E-state index is 13.4. The van der Waals surface area contributed by atoms with E-state index in [2.05, 4.69) is 4.98 Å². The highest BCUT2D eigenvalue weighted by atomic mass is 16.5. The Morgan fingerprint density at radius 2 is 1.69 bits per heavy atom. The van der Waals surface area contributed by atoms with Crippen molar-refractivity contribution in [1.82, 2.24) is 4.98 Å². The Bertz CT molecular complexity index is 1770. The van der Waals surface area contributed by atoms with Crippen molar-refractivity contribution in [3.63, 3.8) is 0 Å². The number of esters is 1. The van der Waals surface area contributed by atoms with E-state index in [-0.39, 0.29) is 35.0 Å². The van der Waals surface area contributed by atoms with Crippen LogP contribution in [0.15, 0.2) is 65.2 Å². The Labute approximate surface area is 222 Å². The molecule has 0 fully saturated rings. The van der Waals surface area contributed by atoms with Crippen LogP contribution < -0.4 is 29.2 Å². The van der Waals surface area contributed by atoms with Crippen molar-refractivity contribution in [2.45, 2.75) is 12.3 Å². The number of hydrogen-bond acceptors (Lipinski definition) is 8. The fraction of sp³-hybridized carbons (Fsp3) is 0.167. The van der Waals surface area contributed by atoms with Crippen LogP contribution in [0.1, 0.15) is 39.4 Å². The summed E-state index contributed by atoms with van der Waals surface area (Å²) in [5.74, 6) is 0.263. The van der Waals surface area contributed by atoms with Crippen LogP contribution in [0.5, 0.6) is 28.7 Å². The summed E-state index contributed by atoms with van der Waals surface area (Å²) in [7, 11) is 4.50. The van der Waals surface area contributed by atoms with Gasteiger partial charge in [-0.1, -0.05) is 18.2 Å². The van der Waals surface area contributed by atoms with Crippen LogP contribution in [0.2, 0.25) is 0 Å². The number of carbonyl (C=O) groups is 2. The third-order valence-corrected chi connectivity index (χ3v) is 6.96. The number of pyridine rings is 1. The van der Waals surface area contributed by atoms with Crippen molar-refractivity contribution in [3.05, 3.63) is 93.0 Å². The van der Waals surface area contributed by atoms with Gasteiger partial charge in [-0.15, -0.1) is 0 Å². The molecule has 1 N–H and O–H groups in total. The van der Waals surface area contributed by atoms with Crippen LogP contribution in [0.25, 0.3) is 17.0 Å². The Balaban J connectivity index is 1.48. The van der Waals surface area contributed by atoms with Crippen LogP contribution in [-0.4, -0.2) is 38.1 Å². The lowest BCUT2D eigenvalue weighted by Gasteiger charge is -2.26. The van der Waals surface area contributed by atoms with Crippen molar-refractivity contribution < 1.29 is 33.3 Å². The lowest BCUT2D eigenvalue weighted by Crippen LogP contribution is -2.26. The minimum Gasteiger partial charge on any atom is -0.493 e. The molecule has 0 bridgehead atoms. The molecule has 39 heavy (non-hydrogen) atoms. The third-order valence-electron chi connectivity index (χ3n) is 6.96. The molecule has 196 valence electrons. The number of allylic oxidation sites excluding steroid dienone is 1. The smallest absolute Gasteiger partial charge is 0.312 e. The molecule has 9 nitrogen and oxygen atoms in total. The first-order chi connectivity index (χ1) is 18.9. The molecular weight excluding hydrogens is 502 g/mol. The fourth-order valence-corrected chi connectivity index (χ4v) is 5.17. The predicted molar refractivity (Wildman–Crippen MR) is 142 cm³/mol. The first-order valence-electron chi connectivity index (χ1n) is 12.2. The Morgan fingerprint density at radius 3 is 2.46 bits per heavy atom. The number of ketones is 1. The molecule has 0 saturated carbocycles. The molecule has 1 unspecified atom stereocenters. The van der Waals surface area contributed by atoms with Gasteiger partial charge in [0.15, 0.2) is 17.3 Å². The number of para-hydroxylation sites is 1. The van der Waals surface area contributed by atoms with Gasteiger partial charge in [-0.3, -0.25) is 14.4 Å². The van der Waals surface area contributed by atoms with E-state index in [4.69, 9.17) is 23.7 Å². The van der Waals surface area contributed by atoms with Gasteiger partial charge in [-0.2, -0.15) is 0 Å². The second-order valence-corrected chi connectivity index (χ2v) is 9.09. The van der Waals surface area contributed by atoms with Crippen LogP contribution in [-0.2, 0) is 4.79 Å². The Kier molecular flexibility index (Phi) is 5.83.